The van der Waals surface area contributed by atoms with Crippen molar-refractivity contribution in [3.05, 3.63) is 0 Å². The maximum absolute atomic E-state index is 5.23. The Balaban J connectivity index is 3.60. The number of hydrogen-bond acceptors (Lipinski definition) is 1. The first-order valence-electron chi connectivity index (χ1n) is 4.35. The first-order chi connectivity index (χ1) is 5.24. The molecule has 1 N–H and O–H groups in total. The van der Waals surface area contributed by atoms with Gasteiger partial charge in [0.05, 0.1) is 0 Å². The molecule has 0 amide bonds. The molecule has 11 heavy (non-hydrogen) atoms. The fourth-order valence-corrected chi connectivity index (χ4v) is 1.10. The third kappa shape index (κ3) is 4.86. The van der Waals surface area contributed by atoms with E-state index in [9.17, 15) is 0 Å². The molecule has 0 aliphatic heterocycles. The Morgan fingerprint density at radius 3 is 2.55 bits per heavy atom. The van der Waals surface area contributed by atoms with E-state index in [1.807, 2.05) is 7.05 Å². The monoisotopic (exact) mass is 153 g/mol. The molecule has 1 nitrogen and oxygen atoms in total. The van der Waals surface area contributed by atoms with Crippen LogP contribution in [0.15, 0.2) is 0 Å². The van der Waals surface area contributed by atoms with Gasteiger partial charge in [-0.3, -0.25) is 0 Å². The van der Waals surface area contributed by atoms with Crippen LogP contribution in [0.2, 0.25) is 0 Å². The maximum atomic E-state index is 5.23. The van der Waals surface area contributed by atoms with Crippen LogP contribution in [-0.4, -0.2) is 13.1 Å². The van der Waals surface area contributed by atoms with Crippen LogP contribution in [0.5, 0.6) is 0 Å². The quantitative estimate of drug-likeness (QED) is 0.596. The first-order valence-corrected chi connectivity index (χ1v) is 4.35. The smallest absolute Gasteiger partial charge is 0.0240 e. The molecule has 0 aromatic carbocycles. The lowest BCUT2D eigenvalue weighted by atomic mass is 9.98. The summed E-state index contributed by atoms with van der Waals surface area (Å²) in [6, 6.07) is 0.509. The van der Waals surface area contributed by atoms with Gasteiger partial charge in [-0.1, -0.05) is 20.3 Å². The Labute approximate surface area is 70.6 Å². The van der Waals surface area contributed by atoms with E-state index in [2.05, 4.69) is 25.1 Å². The molecule has 0 aliphatic rings. The first kappa shape index (κ1) is 10.5. The fraction of sp³-hybridized carbons (Fsp3) is 0.800. The largest absolute Gasteiger partial charge is 0.316 e. The minimum Gasteiger partial charge on any atom is -0.316 e. The third-order valence-electron chi connectivity index (χ3n) is 2.16. The molecule has 0 aromatic rings. The van der Waals surface area contributed by atoms with Crippen molar-refractivity contribution in [2.75, 3.05) is 7.05 Å². The molecule has 0 spiro atoms. The van der Waals surface area contributed by atoms with Gasteiger partial charge < -0.3 is 5.32 Å². The summed E-state index contributed by atoms with van der Waals surface area (Å²) in [5, 5.41) is 3.23. The van der Waals surface area contributed by atoms with Crippen LogP contribution in [0.25, 0.3) is 0 Å². The zero-order valence-electron chi connectivity index (χ0n) is 7.85. The van der Waals surface area contributed by atoms with Gasteiger partial charge >= 0.3 is 0 Å². The van der Waals surface area contributed by atoms with Crippen LogP contribution in [0.3, 0.4) is 0 Å². The van der Waals surface area contributed by atoms with E-state index < -0.39 is 0 Å². The van der Waals surface area contributed by atoms with Crippen molar-refractivity contribution in [3.63, 3.8) is 0 Å². The van der Waals surface area contributed by atoms with Gasteiger partial charge in [-0.05, 0) is 19.4 Å². The topological polar surface area (TPSA) is 12.0 Å². The van der Waals surface area contributed by atoms with E-state index in [1.165, 1.54) is 12.8 Å². The van der Waals surface area contributed by atoms with E-state index in [1.54, 1.807) is 0 Å². The molecule has 2 unspecified atom stereocenters. The molecule has 0 radical (unpaired) electrons. The Morgan fingerprint density at radius 2 is 2.18 bits per heavy atom. The number of hydrogen-bond donors (Lipinski definition) is 1. The average Bonchev–Trinajstić information content (AvgIpc) is 2.03. The molecule has 0 bridgehead atoms. The normalized spacial score (nSPS) is 15.5. The molecule has 0 fully saturated rings. The average molecular weight is 153 g/mol. The van der Waals surface area contributed by atoms with Gasteiger partial charge in [0.1, 0.15) is 0 Å². The highest BCUT2D eigenvalue weighted by atomic mass is 14.9. The maximum Gasteiger partial charge on any atom is 0.0240 e. The van der Waals surface area contributed by atoms with Crippen molar-refractivity contribution < 1.29 is 0 Å². The molecule has 2 atom stereocenters. The van der Waals surface area contributed by atoms with Crippen molar-refractivity contribution >= 4 is 0 Å². The van der Waals surface area contributed by atoms with Gasteiger partial charge in [0, 0.05) is 12.5 Å². The second-order valence-corrected chi connectivity index (χ2v) is 3.14. The van der Waals surface area contributed by atoms with Gasteiger partial charge in [0.25, 0.3) is 0 Å². The van der Waals surface area contributed by atoms with Crippen molar-refractivity contribution in [3.8, 4) is 12.3 Å². The second kappa shape index (κ2) is 6.24. The summed E-state index contributed by atoms with van der Waals surface area (Å²) in [6.07, 6.45) is 8.51. The summed E-state index contributed by atoms with van der Waals surface area (Å²) >= 11 is 0. The lowest BCUT2D eigenvalue weighted by Crippen LogP contribution is -2.26. The molecule has 0 aliphatic carbocycles. The van der Waals surface area contributed by atoms with Crippen LogP contribution in [-0.2, 0) is 0 Å². The zero-order chi connectivity index (χ0) is 8.69. The SMILES string of the molecule is C#CCC(CC(C)CC)NC. The molecule has 0 rings (SSSR count). The van der Waals surface area contributed by atoms with E-state index in [0.717, 1.165) is 12.3 Å². The lowest BCUT2D eigenvalue weighted by Gasteiger charge is -2.16. The predicted molar refractivity (Wildman–Crippen MR) is 50.4 cm³/mol. The molecule has 0 saturated carbocycles. The molecular formula is C10H19N. The van der Waals surface area contributed by atoms with Gasteiger partial charge in [0.2, 0.25) is 0 Å². The highest BCUT2D eigenvalue weighted by Crippen LogP contribution is 2.11. The molecule has 1 heteroatoms. The molecule has 0 heterocycles. The summed E-state index contributed by atoms with van der Waals surface area (Å²) in [5.74, 6) is 3.46. The number of terminal acetylenes is 1. The second-order valence-electron chi connectivity index (χ2n) is 3.14. The Morgan fingerprint density at radius 1 is 1.55 bits per heavy atom. The van der Waals surface area contributed by atoms with Crippen LogP contribution >= 0.6 is 0 Å². The van der Waals surface area contributed by atoms with Crippen molar-refractivity contribution in [2.45, 2.75) is 39.2 Å². The highest BCUT2D eigenvalue weighted by molar-refractivity contribution is 4.89. The Bertz CT molecular complexity index is 123. The van der Waals surface area contributed by atoms with Gasteiger partial charge in [-0.25, -0.2) is 0 Å². The van der Waals surface area contributed by atoms with Gasteiger partial charge in [-0.2, -0.15) is 0 Å². The highest BCUT2D eigenvalue weighted by Gasteiger charge is 2.07. The van der Waals surface area contributed by atoms with Crippen molar-refractivity contribution in [1.29, 1.82) is 0 Å². The summed E-state index contributed by atoms with van der Waals surface area (Å²) in [4.78, 5) is 0. The van der Waals surface area contributed by atoms with E-state index in [4.69, 9.17) is 6.42 Å². The van der Waals surface area contributed by atoms with Crippen molar-refractivity contribution in [2.24, 2.45) is 5.92 Å². The fourth-order valence-electron chi connectivity index (χ4n) is 1.10. The van der Waals surface area contributed by atoms with Crippen LogP contribution in [0.1, 0.15) is 33.1 Å². The lowest BCUT2D eigenvalue weighted by molar-refractivity contribution is 0.417. The number of rotatable bonds is 5. The van der Waals surface area contributed by atoms with Gasteiger partial charge in [0.15, 0.2) is 0 Å². The summed E-state index contributed by atoms with van der Waals surface area (Å²) in [6.45, 7) is 4.48. The van der Waals surface area contributed by atoms with E-state index >= 15 is 0 Å². The molecule has 64 valence electrons. The third-order valence-corrected chi connectivity index (χ3v) is 2.16. The van der Waals surface area contributed by atoms with Crippen molar-refractivity contribution in [1.82, 2.24) is 5.32 Å². The Hall–Kier alpha value is -0.480. The minimum atomic E-state index is 0.509. The number of nitrogens with one attached hydrogen (secondary N) is 1. The van der Waals surface area contributed by atoms with Crippen LogP contribution in [0.4, 0.5) is 0 Å². The summed E-state index contributed by atoms with van der Waals surface area (Å²) < 4.78 is 0. The van der Waals surface area contributed by atoms with E-state index in [0.29, 0.717) is 6.04 Å². The standard InChI is InChI=1S/C10H19N/c1-5-7-10(11-4)8-9(3)6-2/h1,9-11H,6-8H2,2-4H3. The van der Waals surface area contributed by atoms with E-state index in [-0.39, 0.29) is 0 Å². The predicted octanol–water partition coefficient (Wildman–Crippen LogP) is 2.03. The Kier molecular flexibility index (Phi) is 5.97. The zero-order valence-corrected chi connectivity index (χ0v) is 7.85. The van der Waals surface area contributed by atoms with Gasteiger partial charge in [-0.15, -0.1) is 12.3 Å². The molecule has 0 aromatic heterocycles. The summed E-state index contributed by atoms with van der Waals surface area (Å²) in [5.41, 5.74) is 0. The minimum absolute atomic E-state index is 0.509. The van der Waals surface area contributed by atoms with Crippen LogP contribution < -0.4 is 5.32 Å². The molecular weight excluding hydrogens is 134 g/mol. The summed E-state index contributed by atoms with van der Waals surface area (Å²) in [7, 11) is 1.98. The molecule has 0 saturated heterocycles. The van der Waals surface area contributed by atoms with Crippen LogP contribution in [0, 0.1) is 18.3 Å².